The lowest BCUT2D eigenvalue weighted by molar-refractivity contribution is -0.137. The first-order chi connectivity index (χ1) is 17.7. The molecule has 8 heteroatoms. The summed E-state index contributed by atoms with van der Waals surface area (Å²) in [6, 6.07) is 10.1. The van der Waals surface area contributed by atoms with Crippen molar-refractivity contribution < 1.29 is 9.90 Å². The van der Waals surface area contributed by atoms with Crippen molar-refractivity contribution in [3.63, 3.8) is 0 Å². The largest absolute Gasteiger partial charge is 0.481 e. The molecule has 1 aromatic heterocycles. The summed E-state index contributed by atoms with van der Waals surface area (Å²) in [5.41, 5.74) is 16.3. The molecule has 0 amide bonds. The Morgan fingerprint density at radius 1 is 1.24 bits per heavy atom. The van der Waals surface area contributed by atoms with E-state index >= 15 is 0 Å². The normalized spacial score (nSPS) is 14.3. The van der Waals surface area contributed by atoms with Crippen molar-refractivity contribution in [2.75, 3.05) is 18.9 Å². The van der Waals surface area contributed by atoms with Gasteiger partial charge >= 0.3 is 5.97 Å². The fourth-order valence-corrected chi connectivity index (χ4v) is 5.13. The minimum absolute atomic E-state index is 0.0360. The highest BCUT2D eigenvalue weighted by Crippen LogP contribution is 2.39. The van der Waals surface area contributed by atoms with Gasteiger partial charge in [0.2, 0.25) is 0 Å². The molecule has 0 saturated carbocycles. The van der Waals surface area contributed by atoms with E-state index in [1.165, 1.54) is 16.7 Å². The van der Waals surface area contributed by atoms with E-state index < -0.39 is 5.97 Å². The third kappa shape index (κ3) is 5.69. The monoisotopic (exact) mass is 500 g/mol. The van der Waals surface area contributed by atoms with Gasteiger partial charge in [0, 0.05) is 44.7 Å². The summed E-state index contributed by atoms with van der Waals surface area (Å²) in [7, 11) is 1.79. The van der Waals surface area contributed by atoms with Gasteiger partial charge in [-0.1, -0.05) is 38.1 Å². The smallest absolute Gasteiger partial charge is 0.304 e. The highest BCUT2D eigenvalue weighted by molar-refractivity contribution is 5.73. The van der Waals surface area contributed by atoms with Crippen LogP contribution in [0.15, 0.2) is 41.6 Å². The topological polar surface area (TPSA) is 115 Å². The molecule has 0 fully saturated rings. The Morgan fingerprint density at radius 3 is 2.70 bits per heavy atom. The molecule has 1 unspecified atom stereocenters. The molecule has 1 atom stereocenters. The van der Waals surface area contributed by atoms with Gasteiger partial charge in [0.15, 0.2) is 0 Å². The Labute approximate surface area is 218 Å². The number of carbonyl (C=O) groups is 1. The zero-order valence-electron chi connectivity index (χ0n) is 22.3. The van der Waals surface area contributed by atoms with Crippen molar-refractivity contribution in [1.29, 1.82) is 5.53 Å². The average Bonchev–Trinajstić information content (AvgIpc) is 2.88. The molecule has 194 valence electrons. The van der Waals surface area contributed by atoms with Crippen molar-refractivity contribution in [3.05, 3.63) is 81.4 Å². The lowest BCUT2D eigenvalue weighted by atomic mass is 9.84. The van der Waals surface area contributed by atoms with Crippen LogP contribution in [-0.4, -0.2) is 39.5 Å². The summed E-state index contributed by atoms with van der Waals surface area (Å²) >= 11 is 0. The number of anilines is 1. The summed E-state index contributed by atoms with van der Waals surface area (Å²) in [5, 5.41) is 16.6. The zero-order chi connectivity index (χ0) is 26.7. The number of hydrogen-bond acceptors (Lipinski definition) is 7. The SMILES string of the molecule is CNc1ccc(C(CC(=O)O)c2ccc(C)c(CN3CCc4cnc(C(C)C)nc4C3)c2)c(C)c1N=N. The second kappa shape index (κ2) is 11.2. The molecular formula is C29H36N6O2. The molecule has 3 aromatic rings. The van der Waals surface area contributed by atoms with Crippen molar-refractivity contribution in [2.45, 2.75) is 65.5 Å². The molecule has 1 aliphatic heterocycles. The lowest BCUT2D eigenvalue weighted by Crippen LogP contribution is -2.31. The van der Waals surface area contributed by atoms with Crippen LogP contribution in [0.5, 0.6) is 0 Å². The van der Waals surface area contributed by atoms with Gasteiger partial charge in [-0.25, -0.2) is 15.5 Å². The molecule has 37 heavy (non-hydrogen) atoms. The second-order valence-electron chi connectivity index (χ2n) is 10.2. The van der Waals surface area contributed by atoms with E-state index in [1.807, 2.05) is 31.3 Å². The molecule has 0 saturated heterocycles. The van der Waals surface area contributed by atoms with E-state index in [9.17, 15) is 9.90 Å². The Morgan fingerprint density at radius 2 is 2.03 bits per heavy atom. The number of fused-ring (bicyclic) bond motifs is 1. The third-order valence-corrected chi connectivity index (χ3v) is 7.34. The van der Waals surface area contributed by atoms with Crippen LogP contribution in [0.4, 0.5) is 11.4 Å². The molecule has 0 radical (unpaired) electrons. The van der Waals surface area contributed by atoms with Gasteiger partial charge in [-0.3, -0.25) is 9.69 Å². The number of nitrogens with zero attached hydrogens (tertiary/aromatic N) is 4. The van der Waals surface area contributed by atoms with Crippen LogP contribution in [0.2, 0.25) is 0 Å². The van der Waals surface area contributed by atoms with Crippen molar-refractivity contribution in [2.24, 2.45) is 5.11 Å². The summed E-state index contributed by atoms with van der Waals surface area (Å²) in [6.45, 7) is 10.7. The number of carboxylic acid groups (broad SMARTS) is 1. The molecule has 3 N–H and O–H groups in total. The van der Waals surface area contributed by atoms with Gasteiger partial charge in [-0.2, -0.15) is 5.11 Å². The Hall–Kier alpha value is -3.65. The highest BCUT2D eigenvalue weighted by atomic mass is 16.4. The van der Waals surface area contributed by atoms with E-state index in [0.717, 1.165) is 60.0 Å². The van der Waals surface area contributed by atoms with Crippen molar-refractivity contribution in [1.82, 2.24) is 14.9 Å². The Balaban J connectivity index is 1.65. The van der Waals surface area contributed by atoms with Crippen LogP contribution in [-0.2, 0) is 24.3 Å². The van der Waals surface area contributed by atoms with Crippen LogP contribution in [0, 0.1) is 19.4 Å². The molecule has 2 heterocycles. The number of rotatable bonds is 9. The van der Waals surface area contributed by atoms with Crippen molar-refractivity contribution in [3.8, 4) is 0 Å². The first-order valence-electron chi connectivity index (χ1n) is 12.8. The van der Waals surface area contributed by atoms with E-state index in [4.69, 9.17) is 10.5 Å². The zero-order valence-corrected chi connectivity index (χ0v) is 22.3. The van der Waals surface area contributed by atoms with Crippen LogP contribution in [0.25, 0.3) is 0 Å². The number of aliphatic carboxylic acids is 1. The number of nitrogens with one attached hydrogen (secondary N) is 2. The van der Waals surface area contributed by atoms with E-state index in [-0.39, 0.29) is 12.3 Å². The molecule has 1 aliphatic rings. The van der Waals surface area contributed by atoms with E-state index in [0.29, 0.717) is 11.6 Å². The predicted octanol–water partition coefficient (Wildman–Crippen LogP) is 6.09. The summed E-state index contributed by atoms with van der Waals surface area (Å²) < 4.78 is 0. The standard InChI is InChI=1S/C29H36N6O2/c1-17(2)29-32-14-21-10-11-35(16-26(21)33-29)15-22-12-20(7-6-18(22)3)24(13-27(36)37)23-8-9-25(31-5)28(34-30)19(23)4/h6-9,12,14,17,24,30-31H,10-11,13,15-16H2,1-5H3,(H,36,37). The maximum Gasteiger partial charge on any atom is 0.304 e. The fraction of sp³-hybridized carbons (Fsp3) is 0.414. The van der Waals surface area contributed by atoms with Crippen LogP contribution >= 0.6 is 0 Å². The maximum absolute atomic E-state index is 11.9. The highest BCUT2D eigenvalue weighted by Gasteiger charge is 2.24. The summed E-state index contributed by atoms with van der Waals surface area (Å²) in [5.74, 6) is -0.0259. The van der Waals surface area contributed by atoms with Crippen LogP contribution in [0.1, 0.15) is 77.0 Å². The number of carboxylic acids is 1. The third-order valence-electron chi connectivity index (χ3n) is 7.34. The first kappa shape index (κ1) is 26.4. The molecule has 2 aromatic carbocycles. The Kier molecular flexibility index (Phi) is 7.97. The minimum Gasteiger partial charge on any atom is -0.481 e. The minimum atomic E-state index is -0.859. The van der Waals surface area contributed by atoms with E-state index in [2.05, 4.69) is 53.2 Å². The maximum atomic E-state index is 11.9. The van der Waals surface area contributed by atoms with Gasteiger partial charge in [-0.15, -0.1) is 0 Å². The number of hydrogen-bond donors (Lipinski definition) is 3. The van der Waals surface area contributed by atoms with Crippen molar-refractivity contribution >= 4 is 17.3 Å². The Bertz CT molecular complexity index is 1320. The molecule has 0 spiro atoms. The quantitative estimate of drug-likeness (QED) is 0.307. The van der Waals surface area contributed by atoms with Crippen LogP contribution in [0.3, 0.4) is 0 Å². The average molecular weight is 501 g/mol. The van der Waals surface area contributed by atoms with Gasteiger partial charge in [0.25, 0.3) is 0 Å². The van der Waals surface area contributed by atoms with Gasteiger partial charge in [0.1, 0.15) is 11.5 Å². The van der Waals surface area contributed by atoms with Gasteiger partial charge in [-0.05, 0) is 59.7 Å². The molecule has 8 nitrogen and oxygen atoms in total. The summed E-state index contributed by atoms with van der Waals surface area (Å²) in [4.78, 5) is 23.7. The van der Waals surface area contributed by atoms with Crippen LogP contribution < -0.4 is 5.32 Å². The number of aryl methyl sites for hydroxylation is 1. The molecule has 0 aliphatic carbocycles. The molecule has 4 rings (SSSR count). The molecule has 0 bridgehead atoms. The predicted molar refractivity (Wildman–Crippen MR) is 145 cm³/mol. The van der Waals surface area contributed by atoms with Gasteiger partial charge in [0.05, 0.1) is 17.8 Å². The number of benzene rings is 2. The number of aromatic nitrogens is 2. The molecular weight excluding hydrogens is 464 g/mol. The van der Waals surface area contributed by atoms with E-state index in [1.54, 1.807) is 7.05 Å². The lowest BCUT2D eigenvalue weighted by Gasteiger charge is -2.29. The fourth-order valence-electron chi connectivity index (χ4n) is 5.13. The van der Waals surface area contributed by atoms with Gasteiger partial charge < -0.3 is 10.4 Å². The first-order valence-corrected chi connectivity index (χ1v) is 12.8. The summed E-state index contributed by atoms with van der Waals surface area (Å²) in [6.07, 6.45) is 2.87. The second-order valence-corrected chi connectivity index (χ2v) is 10.2.